The normalized spacial score (nSPS) is 12.5. The van der Waals surface area contributed by atoms with E-state index in [1.807, 2.05) is 32.0 Å². The number of benzene rings is 1. The predicted octanol–water partition coefficient (Wildman–Crippen LogP) is 1.65. The molecule has 0 spiro atoms. The van der Waals surface area contributed by atoms with Gasteiger partial charge in [-0.25, -0.2) is 0 Å². The molecule has 0 aromatic heterocycles. The van der Waals surface area contributed by atoms with Gasteiger partial charge in [0.1, 0.15) is 6.04 Å². The molecule has 14 heavy (non-hydrogen) atoms. The molecule has 0 bridgehead atoms. The molecule has 0 aliphatic heterocycles. The zero-order valence-corrected chi connectivity index (χ0v) is 8.66. The highest BCUT2D eigenvalue weighted by atomic mass is 16.4. The van der Waals surface area contributed by atoms with E-state index in [1.165, 1.54) is 0 Å². The van der Waals surface area contributed by atoms with Crippen LogP contribution < -0.4 is 5.32 Å². The van der Waals surface area contributed by atoms with Crippen LogP contribution in [0, 0.1) is 13.8 Å². The number of aliphatic carboxylic acids is 1. The van der Waals surface area contributed by atoms with Gasteiger partial charge in [-0.2, -0.15) is 0 Å². The van der Waals surface area contributed by atoms with E-state index in [1.54, 1.807) is 7.05 Å². The number of carbonyl (C=O) groups is 1. The van der Waals surface area contributed by atoms with Gasteiger partial charge in [-0.3, -0.25) is 4.79 Å². The highest BCUT2D eigenvalue weighted by Crippen LogP contribution is 2.19. The van der Waals surface area contributed by atoms with Crippen LogP contribution in [0.2, 0.25) is 0 Å². The molecule has 0 fully saturated rings. The third-order valence-electron chi connectivity index (χ3n) is 2.28. The Hall–Kier alpha value is -1.35. The summed E-state index contributed by atoms with van der Waals surface area (Å²) in [5, 5.41) is 11.8. The number of carboxylic acid groups (broad SMARTS) is 1. The number of carboxylic acids is 1. The maximum atomic E-state index is 10.9. The van der Waals surface area contributed by atoms with Gasteiger partial charge in [0.25, 0.3) is 0 Å². The molecule has 0 saturated heterocycles. The lowest BCUT2D eigenvalue weighted by Crippen LogP contribution is -2.25. The van der Waals surface area contributed by atoms with Gasteiger partial charge in [-0.05, 0) is 32.0 Å². The Morgan fingerprint density at radius 3 is 2.57 bits per heavy atom. The molecule has 3 nitrogen and oxygen atoms in total. The van der Waals surface area contributed by atoms with Crippen LogP contribution in [0.4, 0.5) is 0 Å². The van der Waals surface area contributed by atoms with Crippen molar-refractivity contribution in [2.45, 2.75) is 19.9 Å². The maximum absolute atomic E-state index is 10.9. The summed E-state index contributed by atoms with van der Waals surface area (Å²) in [5.74, 6) is -0.846. The third-order valence-corrected chi connectivity index (χ3v) is 2.28. The summed E-state index contributed by atoms with van der Waals surface area (Å²) < 4.78 is 0. The molecule has 1 aromatic rings. The van der Waals surface area contributed by atoms with Crippen LogP contribution in [0.1, 0.15) is 22.7 Å². The van der Waals surface area contributed by atoms with Crippen molar-refractivity contribution in [1.82, 2.24) is 5.32 Å². The molecular weight excluding hydrogens is 178 g/mol. The Morgan fingerprint density at radius 1 is 1.43 bits per heavy atom. The molecule has 0 saturated carbocycles. The van der Waals surface area contributed by atoms with E-state index in [9.17, 15) is 4.79 Å². The van der Waals surface area contributed by atoms with E-state index in [0.29, 0.717) is 0 Å². The number of rotatable bonds is 3. The fraction of sp³-hybridized carbons (Fsp3) is 0.364. The van der Waals surface area contributed by atoms with Gasteiger partial charge >= 0.3 is 5.97 Å². The molecule has 1 aromatic carbocycles. The van der Waals surface area contributed by atoms with Gasteiger partial charge in [0.2, 0.25) is 0 Å². The lowest BCUT2D eigenvalue weighted by Gasteiger charge is -2.14. The maximum Gasteiger partial charge on any atom is 0.325 e. The first-order valence-corrected chi connectivity index (χ1v) is 4.53. The van der Waals surface area contributed by atoms with Crippen LogP contribution in [0.3, 0.4) is 0 Å². The molecule has 76 valence electrons. The first-order valence-electron chi connectivity index (χ1n) is 4.53. The Kier molecular flexibility index (Phi) is 3.25. The summed E-state index contributed by atoms with van der Waals surface area (Å²) in [4.78, 5) is 10.9. The summed E-state index contributed by atoms with van der Waals surface area (Å²) in [5.41, 5.74) is 2.91. The second kappa shape index (κ2) is 4.24. The SMILES string of the molecule is CNC(C(=O)O)c1cc(C)ccc1C. The summed E-state index contributed by atoms with van der Waals surface area (Å²) >= 11 is 0. The first-order chi connectivity index (χ1) is 6.56. The van der Waals surface area contributed by atoms with Crippen molar-refractivity contribution in [2.24, 2.45) is 0 Å². The van der Waals surface area contributed by atoms with Crippen molar-refractivity contribution in [3.63, 3.8) is 0 Å². The van der Waals surface area contributed by atoms with Crippen LogP contribution in [0.25, 0.3) is 0 Å². The van der Waals surface area contributed by atoms with Crippen LogP contribution in [0.15, 0.2) is 18.2 Å². The summed E-state index contributed by atoms with van der Waals surface area (Å²) in [7, 11) is 1.65. The lowest BCUT2D eigenvalue weighted by atomic mass is 9.99. The van der Waals surface area contributed by atoms with Crippen LogP contribution in [-0.2, 0) is 4.79 Å². The van der Waals surface area contributed by atoms with Gasteiger partial charge in [0, 0.05) is 0 Å². The molecule has 3 heteroatoms. The standard InChI is InChI=1S/C11H15NO2/c1-7-4-5-8(2)9(6-7)10(12-3)11(13)14/h4-6,10,12H,1-3H3,(H,13,14). The van der Waals surface area contributed by atoms with Crippen LogP contribution >= 0.6 is 0 Å². The van der Waals surface area contributed by atoms with Gasteiger partial charge in [0.15, 0.2) is 0 Å². The minimum absolute atomic E-state index is 0.616. The topological polar surface area (TPSA) is 49.3 Å². The van der Waals surface area contributed by atoms with E-state index in [2.05, 4.69) is 5.32 Å². The molecule has 1 rings (SSSR count). The molecule has 1 atom stereocenters. The van der Waals surface area contributed by atoms with E-state index < -0.39 is 12.0 Å². The monoisotopic (exact) mass is 193 g/mol. The van der Waals surface area contributed by atoms with Crippen molar-refractivity contribution in [2.75, 3.05) is 7.05 Å². The number of hydrogen-bond acceptors (Lipinski definition) is 2. The summed E-state index contributed by atoms with van der Waals surface area (Å²) in [6.45, 7) is 3.87. The summed E-state index contributed by atoms with van der Waals surface area (Å²) in [6.07, 6.45) is 0. The van der Waals surface area contributed by atoms with Gasteiger partial charge < -0.3 is 10.4 Å². The quantitative estimate of drug-likeness (QED) is 0.767. The van der Waals surface area contributed by atoms with Crippen molar-refractivity contribution in [3.05, 3.63) is 34.9 Å². The fourth-order valence-electron chi connectivity index (χ4n) is 1.48. The van der Waals surface area contributed by atoms with Gasteiger partial charge in [0.05, 0.1) is 0 Å². The number of likely N-dealkylation sites (N-methyl/N-ethyl adjacent to an activating group) is 1. The smallest absolute Gasteiger partial charge is 0.325 e. The lowest BCUT2D eigenvalue weighted by molar-refractivity contribution is -0.139. The second-order valence-corrected chi connectivity index (χ2v) is 3.42. The van der Waals surface area contributed by atoms with Crippen molar-refractivity contribution < 1.29 is 9.90 Å². The van der Waals surface area contributed by atoms with E-state index in [-0.39, 0.29) is 0 Å². The summed E-state index contributed by atoms with van der Waals surface area (Å²) in [6, 6.07) is 5.21. The van der Waals surface area contributed by atoms with Crippen molar-refractivity contribution >= 4 is 5.97 Å². The minimum atomic E-state index is -0.846. The Balaban J connectivity index is 3.15. The highest BCUT2D eigenvalue weighted by Gasteiger charge is 2.18. The van der Waals surface area contributed by atoms with Gasteiger partial charge in [-0.15, -0.1) is 0 Å². The number of nitrogens with one attached hydrogen (secondary N) is 1. The Bertz CT molecular complexity index is 347. The molecule has 0 heterocycles. The predicted molar refractivity (Wildman–Crippen MR) is 55.4 cm³/mol. The number of hydrogen-bond donors (Lipinski definition) is 2. The Morgan fingerprint density at radius 2 is 2.07 bits per heavy atom. The minimum Gasteiger partial charge on any atom is -0.480 e. The van der Waals surface area contributed by atoms with Crippen molar-refractivity contribution in [3.8, 4) is 0 Å². The largest absolute Gasteiger partial charge is 0.480 e. The third kappa shape index (κ3) is 2.12. The molecule has 0 radical (unpaired) electrons. The Labute approximate surface area is 83.8 Å². The average molecular weight is 193 g/mol. The van der Waals surface area contributed by atoms with Crippen molar-refractivity contribution in [1.29, 1.82) is 0 Å². The average Bonchev–Trinajstić information content (AvgIpc) is 2.11. The molecule has 1 unspecified atom stereocenters. The second-order valence-electron chi connectivity index (χ2n) is 3.42. The van der Waals surface area contributed by atoms with Crippen LogP contribution in [-0.4, -0.2) is 18.1 Å². The first kappa shape index (κ1) is 10.7. The zero-order valence-electron chi connectivity index (χ0n) is 8.66. The number of aryl methyl sites for hydroxylation is 2. The van der Waals surface area contributed by atoms with E-state index in [4.69, 9.17) is 5.11 Å². The zero-order chi connectivity index (χ0) is 10.7. The molecule has 0 aliphatic carbocycles. The van der Waals surface area contributed by atoms with E-state index in [0.717, 1.165) is 16.7 Å². The fourth-order valence-corrected chi connectivity index (χ4v) is 1.48. The molecular formula is C11H15NO2. The van der Waals surface area contributed by atoms with E-state index >= 15 is 0 Å². The molecule has 0 aliphatic rings. The van der Waals surface area contributed by atoms with Gasteiger partial charge in [-0.1, -0.05) is 23.8 Å². The molecule has 0 amide bonds. The van der Waals surface area contributed by atoms with Crippen LogP contribution in [0.5, 0.6) is 0 Å². The molecule has 2 N–H and O–H groups in total. The highest BCUT2D eigenvalue weighted by molar-refractivity contribution is 5.76.